The van der Waals surface area contributed by atoms with Gasteiger partial charge in [0.1, 0.15) is 0 Å². The van der Waals surface area contributed by atoms with Gasteiger partial charge in [-0.2, -0.15) is 4.31 Å². The van der Waals surface area contributed by atoms with Gasteiger partial charge in [0.05, 0.1) is 4.90 Å². The summed E-state index contributed by atoms with van der Waals surface area (Å²) in [5, 5.41) is 0. The van der Waals surface area contributed by atoms with E-state index in [1.807, 2.05) is 33.8 Å². The highest BCUT2D eigenvalue weighted by molar-refractivity contribution is 7.89. The van der Waals surface area contributed by atoms with E-state index in [-0.39, 0.29) is 6.04 Å². The second-order valence-corrected chi connectivity index (χ2v) is 7.07. The van der Waals surface area contributed by atoms with Crippen LogP contribution in [0.1, 0.15) is 37.0 Å². The molecule has 0 aliphatic carbocycles. The Balaban J connectivity index is 3.54. The van der Waals surface area contributed by atoms with Crippen molar-refractivity contribution in [1.29, 1.82) is 0 Å². The first-order valence-electron chi connectivity index (χ1n) is 6.48. The Bertz CT molecular complexity index is 553. The summed E-state index contributed by atoms with van der Waals surface area (Å²) in [4.78, 5) is 0.354. The number of benzene rings is 1. The normalized spacial score (nSPS) is 13.8. The van der Waals surface area contributed by atoms with Crippen LogP contribution in [0.3, 0.4) is 0 Å². The van der Waals surface area contributed by atoms with Gasteiger partial charge in [0.15, 0.2) is 0 Å². The molecule has 0 fully saturated rings. The molecule has 1 atom stereocenters. The molecule has 0 saturated carbocycles. The molecule has 0 radical (unpaired) electrons. The van der Waals surface area contributed by atoms with Crippen molar-refractivity contribution in [3.8, 4) is 0 Å². The maximum absolute atomic E-state index is 12.7. The number of aryl methyl sites for hydroxylation is 1. The van der Waals surface area contributed by atoms with Gasteiger partial charge in [-0.05, 0) is 56.9 Å². The first-order valence-corrected chi connectivity index (χ1v) is 7.92. The van der Waals surface area contributed by atoms with E-state index < -0.39 is 10.0 Å². The third-order valence-electron chi connectivity index (χ3n) is 3.93. The summed E-state index contributed by atoms with van der Waals surface area (Å²) in [6, 6.07) is 1.79. The summed E-state index contributed by atoms with van der Waals surface area (Å²) in [6.07, 6.45) is 0.773. The quantitative estimate of drug-likeness (QED) is 0.864. The third kappa shape index (κ3) is 2.77. The predicted octanol–water partition coefficient (Wildman–Crippen LogP) is 2.61. The highest BCUT2D eigenvalue weighted by atomic mass is 32.2. The van der Waals surface area contributed by atoms with Crippen molar-refractivity contribution in [3.05, 3.63) is 22.8 Å². The predicted molar refractivity (Wildman–Crippen MR) is 79.8 cm³/mol. The molecule has 19 heavy (non-hydrogen) atoms. The van der Waals surface area contributed by atoms with Gasteiger partial charge in [-0.25, -0.2) is 8.42 Å². The summed E-state index contributed by atoms with van der Waals surface area (Å²) in [5.41, 5.74) is 8.76. The number of hydrogen-bond acceptors (Lipinski definition) is 3. The zero-order chi connectivity index (χ0) is 15.0. The van der Waals surface area contributed by atoms with Crippen molar-refractivity contribution >= 4 is 15.7 Å². The van der Waals surface area contributed by atoms with Gasteiger partial charge in [-0.1, -0.05) is 6.92 Å². The zero-order valence-corrected chi connectivity index (χ0v) is 13.4. The SMILES string of the molecule is CCC(C)N(C)S(=O)(=O)c1c(C)c(C)cc(N)c1C. The second kappa shape index (κ2) is 5.51. The molecule has 1 aromatic carbocycles. The fourth-order valence-electron chi connectivity index (χ4n) is 2.07. The maximum Gasteiger partial charge on any atom is 0.243 e. The van der Waals surface area contributed by atoms with Crippen LogP contribution < -0.4 is 5.73 Å². The standard InChI is InChI=1S/C14H24N2O2S/c1-7-10(3)16(6)19(17,18)14-11(4)9(2)8-13(15)12(14)5/h8,10H,7,15H2,1-6H3. The summed E-state index contributed by atoms with van der Waals surface area (Å²) in [5.74, 6) is 0. The van der Waals surface area contributed by atoms with Crippen LogP contribution >= 0.6 is 0 Å². The average Bonchev–Trinajstić information content (AvgIpc) is 2.34. The van der Waals surface area contributed by atoms with Gasteiger partial charge in [0, 0.05) is 18.8 Å². The number of rotatable bonds is 4. The van der Waals surface area contributed by atoms with E-state index in [1.54, 1.807) is 14.0 Å². The number of sulfonamides is 1. The minimum absolute atomic E-state index is 0.0365. The molecule has 0 aliphatic rings. The van der Waals surface area contributed by atoms with Gasteiger partial charge in [-0.3, -0.25) is 0 Å². The van der Waals surface area contributed by atoms with Crippen LogP contribution in [0.15, 0.2) is 11.0 Å². The summed E-state index contributed by atoms with van der Waals surface area (Å²) in [6.45, 7) is 9.36. The zero-order valence-electron chi connectivity index (χ0n) is 12.6. The maximum atomic E-state index is 12.7. The lowest BCUT2D eigenvalue weighted by Crippen LogP contribution is -2.35. The smallest absolute Gasteiger partial charge is 0.243 e. The summed E-state index contributed by atoms with van der Waals surface area (Å²) < 4.78 is 26.9. The van der Waals surface area contributed by atoms with Crippen LogP contribution in [0.25, 0.3) is 0 Å². The minimum atomic E-state index is -3.50. The van der Waals surface area contributed by atoms with E-state index in [0.717, 1.165) is 17.5 Å². The molecule has 0 aliphatic heterocycles. The van der Waals surface area contributed by atoms with Crippen LogP contribution in [-0.4, -0.2) is 25.8 Å². The van der Waals surface area contributed by atoms with Gasteiger partial charge in [0.25, 0.3) is 0 Å². The topological polar surface area (TPSA) is 63.4 Å². The molecule has 2 N–H and O–H groups in total. The van der Waals surface area contributed by atoms with E-state index >= 15 is 0 Å². The lowest BCUT2D eigenvalue weighted by molar-refractivity contribution is 0.380. The molecule has 0 amide bonds. The number of nitrogens with zero attached hydrogens (tertiary/aromatic N) is 1. The highest BCUT2D eigenvalue weighted by Crippen LogP contribution is 2.30. The molecular weight excluding hydrogens is 260 g/mol. The van der Waals surface area contributed by atoms with Gasteiger partial charge >= 0.3 is 0 Å². The number of hydrogen-bond donors (Lipinski definition) is 1. The van der Waals surface area contributed by atoms with E-state index in [2.05, 4.69) is 0 Å². The fraction of sp³-hybridized carbons (Fsp3) is 0.571. The molecule has 0 spiro atoms. The number of anilines is 1. The van der Waals surface area contributed by atoms with Crippen molar-refractivity contribution in [2.45, 2.75) is 52.0 Å². The molecule has 4 nitrogen and oxygen atoms in total. The first kappa shape index (κ1) is 16.0. The van der Waals surface area contributed by atoms with Crippen LogP contribution in [0.5, 0.6) is 0 Å². The van der Waals surface area contributed by atoms with Gasteiger partial charge in [0.2, 0.25) is 10.0 Å². The van der Waals surface area contributed by atoms with Crippen molar-refractivity contribution in [2.24, 2.45) is 0 Å². The molecule has 1 aromatic rings. The number of nitrogens with two attached hydrogens (primary N) is 1. The van der Waals surface area contributed by atoms with Crippen LogP contribution in [0.2, 0.25) is 0 Å². The molecule has 1 unspecified atom stereocenters. The number of nitrogen functional groups attached to an aromatic ring is 1. The van der Waals surface area contributed by atoms with E-state index in [0.29, 0.717) is 16.1 Å². The van der Waals surface area contributed by atoms with Crippen LogP contribution in [0, 0.1) is 20.8 Å². The second-order valence-electron chi connectivity index (χ2n) is 5.14. The van der Waals surface area contributed by atoms with Crippen molar-refractivity contribution in [2.75, 3.05) is 12.8 Å². The Labute approximate surface area is 116 Å². The van der Waals surface area contributed by atoms with Crippen LogP contribution in [-0.2, 0) is 10.0 Å². The Morgan fingerprint density at radius 3 is 2.26 bits per heavy atom. The monoisotopic (exact) mass is 284 g/mol. The van der Waals surface area contributed by atoms with Gasteiger partial charge < -0.3 is 5.73 Å². The molecule has 0 bridgehead atoms. The highest BCUT2D eigenvalue weighted by Gasteiger charge is 2.29. The van der Waals surface area contributed by atoms with Gasteiger partial charge in [-0.15, -0.1) is 0 Å². The molecule has 5 heteroatoms. The summed E-state index contributed by atoms with van der Waals surface area (Å²) >= 11 is 0. The molecule has 1 rings (SSSR count). The summed E-state index contributed by atoms with van der Waals surface area (Å²) in [7, 11) is -1.88. The lowest BCUT2D eigenvalue weighted by Gasteiger charge is -2.26. The van der Waals surface area contributed by atoms with E-state index in [1.165, 1.54) is 4.31 Å². The van der Waals surface area contributed by atoms with Crippen molar-refractivity contribution in [1.82, 2.24) is 4.31 Å². The Kier molecular flexibility index (Phi) is 4.63. The molecule has 108 valence electrons. The van der Waals surface area contributed by atoms with E-state index in [9.17, 15) is 8.42 Å². The average molecular weight is 284 g/mol. The van der Waals surface area contributed by atoms with Crippen LogP contribution in [0.4, 0.5) is 5.69 Å². The largest absolute Gasteiger partial charge is 0.398 e. The first-order chi connectivity index (χ1) is 8.64. The minimum Gasteiger partial charge on any atom is -0.398 e. The molecule has 0 heterocycles. The Morgan fingerprint density at radius 1 is 1.26 bits per heavy atom. The Morgan fingerprint density at radius 2 is 1.79 bits per heavy atom. The molecular formula is C14H24N2O2S. The molecule has 0 saturated heterocycles. The Hall–Kier alpha value is -1.07. The van der Waals surface area contributed by atoms with Crippen molar-refractivity contribution < 1.29 is 8.42 Å². The fourth-order valence-corrected chi connectivity index (χ4v) is 4.03. The molecule has 0 aromatic heterocycles. The lowest BCUT2D eigenvalue weighted by atomic mass is 10.1. The van der Waals surface area contributed by atoms with Crippen molar-refractivity contribution in [3.63, 3.8) is 0 Å². The third-order valence-corrected chi connectivity index (χ3v) is 6.17. The van der Waals surface area contributed by atoms with E-state index in [4.69, 9.17) is 5.73 Å².